The highest BCUT2D eigenvalue weighted by atomic mass is 32.2. The number of nitrogens with zero attached hydrogens (tertiary/aromatic N) is 2. The van der Waals surface area contributed by atoms with Crippen LogP contribution in [0.3, 0.4) is 0 Å². The Balaban J connectivity index is 1.76. The Kier molecular flexibility index (Phi) is 8.18. The zero-order valence-electron chi connectivity index (χ0n) is 16.4. The lowest BCUT2D eigenvalue weighted by Gasteiger charge is -2.22. The molecule has 0 amide bonds. The molecule has 1 saturated heterocycles. The van der Waals surface area contributed by atoms with Gasteiger partial charge in [0.15, 0.2) is 5.96 Å². The number of ether oxygens (including phenoxy) is 1. The number of methoxy groups -OCH3 is 1. The van der Waals surface area contributed by atoms with Crippen molar-refractivity contribution in [1.82, 2.24) is 15.4 Å². The van der Waals surface area contributed by atoms with Crippen molar-refractivity contribution in [2.24, 2.45) is 4.99 Å². The molecule has 3 N–H and O–H groups in total. The van der Waals surface area contributed by atoms with Gasteiger partial charge >= 0.3 is 0 Å². The Bertz CT molecular complexity index is 723. The molecular formula is C18H31N5O3S. The highest BCUT2D eigenvalue weighted by Gasteiger charge is 2.25. The average Bonchev–Trinajstić information content (AvgIpc) is 3.15. The largest absolute Gasteiger partial charge is 0.495 e. The molecule has 0 bridgehead atoms. The summed E-state index contributed by atoms with van der Waals surface area (Å²) in [5.41, 5.74) is 1.11. The molecular weight excluding hydrogens is 366 g/mol. The van der Waals surface area contributed by atoms with Crippen LogP contribution in [0, 0.1) is 0 Å². The molecule has 0 saturated carbocycles. The quantitative estimate of drug-likeness (QED) is 0.324. The SMILES string of the molecule is CCS(=O)(=O)NCCCNC(=NC)NC1CCN(c2ccccc2OC)C1. The van der Waals surface area contributed by atoms with Crippen molar-refractivity contribution in [3.8, 4) is 5.75 Å². The van der Waals surface area contributed by atoms with Gasteiger partial charge in [-0.2, -0.15) is 0 Å². The minimum atomic E-state index is -3.12. The lowest BCUT2D eigenvalue weighted by Crippen LogP contribution is -2.45. The maximum atomic E-state index is 11.4. The van der Waals surface area contributed by atoms with Gasteiger partial charge in [-0.15, -0.1) is 0 Å². The van der Waals surface area contributed by atoms with Crippen molar-refractivity contribution in [2.75, 3.05) is 51.0 Å². The number of hydrogen-bond acceptors (Lipinski definition) is 5. The Morgan fingerprint density at radius 2 is 2.11 bits per heavy atom. The van der Waals surface area contributed by atoms with E-state index in [-0.39, 0.29) is 5.75 Å². The van der Waals surface area contributed by atoms with E-state index < -0.39 is 10.0 Å². The first kappa shape index (κ1) is 21.3. The Morgan fingerprint density at radius 1 is 1.33 bits per heavy atom. The van der Waals surface area contributed by atoms with Crippen LogP contribution in [0.4, 0.5) is 5.69 Å². The standard InChI is InChI=1S/C18H31N5O3S/c1-4-27(24,25)21-12-7-11-20-18(19-2)22-15-10-13-23(14-15)16-8-5-6-9-17(16)26-3/h5-6,8-9,15,21H,4,7,10-14H2,1-3H3,(H2,19,20,22). The van der Waals surface area contributed by atoms with Crippen LogP contribution in [0.15, 0.2) is 29.3 Å². The molecule has 1 heterocycles. The maximum absolute atomic E-state index is 11.4. The smallest absolute Gasteiger partial charge is 0.211 e. The predicted molar refractivity (Wildman–Crippen MR) is 110 cm³/mol. The molecule has 1 unspecified atom stereocenters. The minimum absolute atomic E-state index is 0.105. The first-order chi connectivity index (χ1) is 13.0. The van der Waals surface area contributed by atoms with E-state index in [2.05, 4.69) is 31.3 Å². The molecule has 1 fully saturated rings. The number of aliphatic imine (C=N–C) groups is 1. The summed E-state index contributed by atoms with van der Waals surface area (Å²) in [6, 6.07) is 8.33. The number of hydrogen-bond donors (Lipinski definition) is 3. The summed E-state index contributed by atoms with van der Waals surface area (Å²) in [5.74, 6) is 1.73. The third kappa shape index (κ3) is 6.59. The second-order valence-corrected chi connectivity index (χ2v) is 8.49. The second kappa shape index (κ2) is 10.4. The van der Waals surface area contributed by atoms with E-state index in [1.54, 1.807) is 21.1 Å². The molecule has 0 spiro atoms. The lowest BCUT2D eigenvalue weighted by molar-refractivity contribution is 0.415. The van der Waals surface area contributed by atoms with E-state index in [4.69, 9.17) is 4.74 Å². The van der Waals surface area contributed by atoms with Gasteiger partial charge in [-0.05, 0) is 31.9 Å². The summed E-state index contributed by atoms with van der Waals surface area (Å²) in [6.07, 6.45) is 1.70. The number of anilines is 1. The third-order valence-electron chi connectivity index (χ3n) is 4.53. The minimum Gasteiger partial charge on any atom is -0.495 e. The number of guanidine groups is 1. The molecule has 1 aliphatic heterocycles. The van der Waals surface area contributed by atoms with Crippen LogP contribution in [-0.2, 0) is 10.0 Å². The van der Waals surface area contributed by atoms with Crippen LogP contribution in [0.2, 0.25) is 0 Å². The van der Waals surface area contributed by atoms with Crippen molar-refractivity contribution in [2.45, 2.75) is 25.8 Å². The van der Waals surface area contributed by atoms with Crippen molar-refractivity contribution in [3.05, 3.63) is 24.3 Å². The van der Waals surface area contributed by atoms with Gasteiger partial charge in [0, 0.05) is 39.3 Å². The molecule has 1 aromatic carbocycles. The van der Waals surface area contributed by atoms with E-state index >= 15 is 0 Å². The highest BCUT2D eigenvalue weighted by molar-refractivity contribution is 7.89. The summed E-state index contributed by atoms with van der Waals surface area (Å²) in [5, 5.41) is 6.68. The van der Waals surface area contributed by atoms with Crippen LogP contribution < -0.4 is 25.0 Å². The third-order valence-corrected chi connectivity index (χ3v) is 5.93. The molecule has 27 heavy (non-hydrogen) atoms. The average molecular weight is 398 g/mol. The number of rotatable bonds is 9. The predicted octanol–water partition coefficient (Wildman–Crippen LogP) is 0.768. The van der Waals surface area contributed by atoms with E-state index in [1.807, 2.05) is 18.2 Å². The first-order valence-electron chi connectivity index (χ1n) is 9.31. The number of nitrogens with one attached hydrogen (secondary N) is 3. The van der Waals surface area contributed by atoms with Crippen molar-refractivity contribution >= 4 is 21.7 Å². The Labute approximate surface area is 162 Å². The van der Waals surface area contributed by atoms with Crippen LogP contribution in [0.25, 0.3) is 0 Å². The second-order valence-electron chi connectivity index (χ2n) is 6.40. The van der Waals surface area contributed by atoms with E-state index in [0.29, 0.717) is 25.6 Å². The van der Waals surface area contributed by atoms with E-state index in [0.717, 1.165) is 36.9 Å². The summed E-state index contributed by atoms with van der Waals surface area (Å²) >= 11 is 0. The summed E-state index contributed by atoms with van der Waals surface area (Å²) in [6.45, 7) is 4.52. The highest BCUT2D eigenvalue weighted by Crippen LogP contribution is 2.30. The van der Waals surface area contributed by atoms with Crippen LogP contribution in [0.5, 0.6) is 5.75 Å². The molecule has 9 heteroatoms. The topological polar surface area (TPSA) is 95.1 Å². The number of benzene rings is 1. The van der Waals surface area contributed by atoms with Crippen molar-refractivity contribution < 1.29 is 13.2 Å². The molecule has 0 radical (unpaired) electrons. The molecule has 1 atom stereocenters. The van der Waals surface area contributed by atoms with E-state index in [9.17, 15) is 8.42 Å². The van der Waals surface area contributed by atoms with Crippen molar-refractivity contribution in [3.63, 3.8) is 0 Å². The lowest BCUT2D eigenvalue weighted by atomic mass is 10.2. The summed E-state index contributed by atoms with van der Waals surface area (Å²) in [7, 11) is 0.308. The van der Waals surface area contributed by atoms with Crippen molar-refractivity contribution in [1.29, 1.82) is 0 Å². The van der Waals surface area contributed by atoms with Gasteiger partial charge in [0.2, 0.25) is 10.0 Å². The van der Waals surface area contributed by atoms with Gasteiger partial charge < -0.3 is 20.3 Å². The van der Waals surface area contributed by atoms with Crippen LogP contribution in [0.1, 0.15) is 19.8 Å². The fourth-order valence-corrected chi connectivity index (χ4v) is 3.66. The summed E-state index contributed by atoms with van der Waals surface area (Å²) < 4.78 is 30.8. The number of sulfonamides is 1. The van der Waals surface area contributed by atoms with Gasteiger partial charge in [0.05, 0.1) is 18.6 Å². The zero-order valence-corrected chi connectivity index (χ0v) is 17.2. The normalized spacial score (nSPS) is 17.8. The maximum Gasteiger partial charge on any atom is 0.211 e. The Morgan fingerprint density at radius 3 is 2.81 bits per heavy atom. The van der Waals surface area contributed by atoms with Crippen LogP contribution in [-0.4, -0.2) is 66.5 Å². The van der Waals surface area contributed by atoms with Gasteiger partial charge in [0.25, 0.3) is 0 Å². The molecule has 1 aromatic rings. The monoisotopic (exact) mass is 397 g/mol. The van der Waals surface area contributed by atoms with Gasteiger partial charge in [-0.3, -0.25) is 4.99 Å². The number of para-hydroxylation sites is 2. The Hall–Kier alpha value is -2.00. The molecule has 1 aliphatic rings. The van der Waals surface area contributed by atoms with E-state index in [1.165, 1.54) is 0 Å². The molecule has 0 aliphatic carbocycles. The molecule has 8 nitrogen and oxygen atoms in total. The first-order valence-corrected chi connectivity index (χ1v) is 11.0. The summed E-state index contributed by atoms with van der Waals surface area (Å²) in [4.78, 5) is 6.57. The van der Waals surface area contributed by atoms with Crippen LogP contribution >= 0.6 is 0 Å². The fraction of sp³-hybridized carbons (Fsp3) is 0.611. The fourth-order valence-electron chi connectivity index (χ4n) is 3.00. The van der Waals surface area contributed by atoms with Gasteiger partial charge in [-0.1, -0.05) is 12.1 Å². The van der Waals surface area contributed by atoms with Gasteiger partial charge in [-0.25, -0.2) is 13.1 Å². The van der Waals surface area contributed by atoms with Gasteiger partial charge in [0.1, 0.15) is 5.75 Å². The molecule has 2 rings (SSSR count). The molecule has 0 aromatic heterocycles. The zero-order chi connectivity index (χ0) is 19.7. The molecule has 152 valence electrons.